The maximum atomic E-state index is 5.64. The molecule has 0 aliphatic carbocycles. The summed E-state index contributed by atoms with van der Waals surface area (Å²) >= 11 is 0. The molecule has 1 aromatic rings. The molecule has 1 aromatic carbocycles. The Hall–Kier alpha value is -2.17. The van der Waals surface area contributed by atoms with Crippen LogP contribution in [0.5, 0.6) is 0 Å². The number of nitrogens with one attached hydrogen (secondary N) is 1. The summed E-state index contributed by atoms with van der Waals surface area (Å²) in [6, 6.07) is 6.71. The van der Waals surface area contributed by atoms with Gasteiger partial charge in [0.1, 0.15) is 5.84 Å². The predicted octanol–water partition coefficient (Wildman–Crippen LogP) is 2.86. The monoisotopic (exact) mass is 310 g/mol. The number of allylic oxidation sites excluding steroid dienone is 3. The second kappa shape index (κ2) is 8.46. The van der Waals surface area contributed by atoms with Crippen molar-refractivity contribution in [3.05, 3.63) is 71.3 Å². The second-order valence-corrected chi connectivity index (χ2v) is 5.72. The number of hydrazine groups is 1. The molecular formula is C19H26N4. The zero-order valence-corrected chi connectivity index (χ0v) is 14.0. The Bertz CT molecular complexity index is 641. The predicted molar refractivity (Wildman–Crippen MR) is 98.0 cm³/mol. The first kappa shape index (κ1) is 17.2. The van der Waals surface area contributed by atoms with E-state index in [2.05, 4.69) is 47.0 Å². The number of aryl methyl sites for hydroxylation is 1. The molecule has 4 heteroatoms. The number of rotatable bonds is 5. The Morgan fingerprint density at radius 3 is 2.96 bits per heavy atom. The van der Waals surface area contributed by atoms with Gasteiger partial charge < -0.3 is 5.43 Å². The van der Waals surface area contributed by atoms with Gasteiger partial charge in [-0.1, -0.05) is 54.6 Å². The van der Waals surface area contributed by atoms with Crippen molar-refractivity contribution in [3.63, 3.8) is 0 Å². The first-order valence-corrected chi connectivity index (χ1v) is 7.95. The second-order valence-electron chi connectivity index (χ2n) is 5.72. The van der Waals surface area contributed by atoms with E-state index in [-0.39, 0.29) is 0 Å². The van der Waals surface area contributed by atoms with Gasteiger partial charge in [-0.15, -0.1) is 0 Å². The highest BCUT2D eigenvalue weighted by atomic mass is 15.3. The van der Waals surface area contributed by atoms with Crippen LogP contribution in [0.3, 0.4) is 0 Å². The summed E-state index contributed by atoms with van der Waals surface area (Å²) in [5.41, 5.74) is 7.79. The van der Waals surface area contributed by atoms with Crippen LogP contribution in [-0.4, -0.2) is 23.9 Å². The van der Waals surface area contributed by atoms with Crippen molar-refractivity contribution in [2.45, 2.75) is 26.8 Å². The number of amidine groups is 1. The number of hydrogen-bond acceptors (Lipinski definition) is 3. The number of benzene rings is 1. The quantitative estimate of drug-likeness (QED) is 0.289. The minimum absolute atomic E-state index is 0.624. The van der Waals surface area contributed by atoms with Gasteiger partial charge in [-0.25, -0.2) is 5.84 Å². The van der Waals surface area contributed by atoms with Gasteiger partial charge in [-0.3, -0.25) is 9.89 Å². The van der Waals surface area contributed by atoms with Gasteiger partial charge in [-0.05, 0) is 31.4 Å². The molecule has 0 bridgehead atoms. The Balaban J connectivity index is 2.09. The molecule has 1 aliphatic heterocycles. The molecule has 1 heterocycles. The topological polar surface area (TPSA) is 53.6 Å². The molecule has 0 amide bonds. The maximum Gasteiger partial charge on any atom is 0.143 e. The lowest BCUT2D eigenvalue weighted by atomic mass is 9.98. The van der Waals surface area contributed by atoms with Crippen LogP contribution in [0.2, 0.25) is 0 Å². The Labute approximate surface area is 139 Å². The smallest absolute Gasteiger partial charge is 0.143 e. The van der Waals surface area contributed by atoms with Crippen molar-refractivity contribution in [1.82, 2.24) is 10.3 Å². The third kappa shape index (κ3) is 4.65. The fourth-order valence-corrected chi connectivity index (χ4v) is 2.78. The summed E-state index contributed by atoms with van der Waals surface area (Å²) in [6.45, 7) is 10.4. The van der Waals surface area contributed by atoms with Gasteiger partial charge in [0, 0.05) is 18.7 Å². The third-order valence-corrected chi connectivity index (χ3v) is 3.94. The van der Waals surface area contributed by atoms with Gasteiger partial charge in [0.15, 0.2) is 0 Å². The minimum atomic E-state index is 0.624. The van der Waals surface area contributed by atoms with E-state index in [4.69, 9.17) is 5.84 Å². The number of nitrogens with zero attached hydrogens (tertiary/aromatic N) is 2. The highest BCUT2D eigenvalue weighted by Crippen LogP contribution is 2.20. The first-order chi connectivity index (χ1) is 11.2. The van der Waals surface area contributed by atoms with E-state index in [1.807, 2.05) is 25.2 Å². The number of hydrogen-bond donors (Lipinski definition) is 2. The van der Waals surface area contributed by atoms with E-state index in [1.54, 1.807) is 6.08 Å². The van der Waals surface area contributed by atoms with Gasteiger partial charge in [0.25, 0.3) is 0 Å². The Morgan fingerprint density at radius 2 is 2.26 bits per heavy atom. The standard InChI is InChI=1S/C19H26N4/c1-4-6-17(7-5-2)19(22-20)21-14-23-11-10-16-9-8-15(3)12-18(16)13-23/h4-9,12H,1,10-11,13-14,20H2,2-3H3,(H,21,22)/b7-5-,17-6-. The molecule has 2 rings (SSSR count). The summed E-state index contributed by atoms with van der Waals surface area (Å²) in [6.07, 6.45) is 8.63. The van der Waals surface area contributed by atoms with Crippen molar-refractivity contribution in [1.29, 1.82) is 0 Å². The highest BCUT2D eigenvalue weighted by Gasteiger charge is 2.15. The zero-order valence-electron chi connectivity index (χ0n) is 14.0. The molecule has 4 nitrogen and oxygen atoms in total. The molecule has 0 spiro atoms. The third-order valence-electron chi connectivity index (χ3n) is 3.94. The van der Waals surface area contributed by atoms with Crippen molar-refractivity contribution < 1.29 is 0 Å². The molecule has 0 unspecified atom stereocenters. The van der Waals surface area contributed by atoms with E-state index in [9.17, 15) is 0 Å². The average Bonchev–Trinajstić information content (AvgIpc) is 2.55. The number of nitrogens with two attached hydrogens (primary N) is 1. The minimum Gasteiger partial charge on any atom is -0.308 e. The lowest BCUT2D eigenvalue weighted by molar-refractivity contribution is 0.262. The first-order valence-electron chi connectivity index (χ1n) is 7.95. The summed E-state index contributed by atoms with van der Waals surface area (Å²) in [7, 11) is 0. The largest absolute Gasteiger partial charge is 0.308 e. The van der Waals surface area contributed by atoms with E-state index in [0.717, 1.165) is 25.1 Å². The SMILES string of the molecule is C=C/C=C(/C=C\C)C(=N/CN1CCc2ccc(C)cc2C1)\NN. The molecule has 122 valence electrons. The van der Waals surface area contributed by atoms with Crippen molar-refractivity contribution in [3.8, 4) is 0 Å². The van der Waals surface area contributed by atoms with Crippen molar-refractivity contribution in [2.75, 3.05) is 13.2 Å². The maximum absolute atomic E-state index is 5.64. The van der Waals surface area contributed by atoms with E-state index in [0.29, 0.717) is 12.5 Å². The molecule has 0 atom stereocenters. The molecule has 0 saturated carbocycles. The van der Waals surface area contributed by atoms with E-state index >= 15 is 0 Å². The molecular weight excluding hydrogens is 284 g/mol. The summed E-state index contributed by atoms with van der Waals surface area (Å²) in [5, 5.41) is 0. The Morgan fingerprint density at radius 1 is 1.43 bits per heavy atom. The number of fused-ring (bicyclic) bond motifs is 1. The molecule has 0 saturated heterocycles. The molecule has 0 aromatic heterocycles. The van der Waals surface area contributed by atoms with E-state index < -0.39 is 0 Å². The van der Waals surface area contributed by atoms with Crippen molar-refractivity contribution in [2.24, 2.45) is 10.8 Å². The fraction of sp³-hybridized carbons (Fsp3) is 0.316. The van der Waals surface area contributed by atoms with Crippen LogP contribution in [0, 0.1) is 6.92 Å². The normalized spacial score (nSPS) is 16.5. The van der Waals surface area contributed by atoms with Crippen LogP contribution < -0.4 is 11.3 Å². The molecule has 23 heavy (non-hydrogen) atoms. The van der Waals surface area contributed by atoms with Crippen LogP contribution in [0.1, 0.15) is 23.6 Å². The average molecular weight is 310 g/mol. The summed E-state index contributed by atoms with van der Waals surface area (Å²) in [5.74, 6) is 6.32. The molecule has 0 radical (unpaired) electrons. The Kier molecular flexibility index (Phi) is 6.32. The summed E-state index contributed by atoms with van der Waals surface area (Å²) in [4.78, 5) is 6.97. The molecule has 3 N–H and O–H groups in total. The molecule has 0 fully saturated rings. The lowest BCUT2D eigenvalue weighted by Crippen LogP contribution is -2.35. The van der Waals surface area contributed by atoms with Crippen LogP contribution in [0.15, 0.2) is 59.6 Å². The summed E-state index contributed by atoms with van der Waals surface area (Å²) < 4.78 is 0. The van der Waals surface area contributed by atoms with Gasteiger partial charge in [0.05, 0.1) is 6.67 Å². The van der Waals surface area contributed by atoms with E-state index in [1.165, 1.54) is 16.7 Å². The lowest BCUT2D eigenvalue weighted by Gasteiger charge is -2.27. The highest BCUT2D eigenvalue weighted by molar-refractivity contribution is 6.00. The fourth-order valence-electron chi connectivity index (χ4n) is 2.78. The van der Waals surface area contributed by atoms with Gasteiger partial charge in [0.2, 0.25) is 0 Å². The number of aliphatic imine (C=N–C) groups is 1. The zero-order chi connectivity index (χ0) is 16.7. The van der Waals surface area contributed by atoms with Crippen LogP contribution in [0.4, 0.5) is 0 Å². The molecule has 1 aliphatic rings. The van der Waals surface area contributed by atoms with Crippen LogP contribution in [0.25, 0.3) is 0 Å². The van der Waals surface area contributed by atoms with Crippen LogP contribution >= 0.6 is 0 Å². The van der Waals surface area contributed by atoms with Gasteiger partial charge in [-0.2, -0.15) is 0 Å². The van der Waals surface area contributed by atoms with Crippen LogP contribution in [-0.2, 0) is 13.0 Å². The van der Waals surface area contributed by atoms with Gasteiger partial charge >= 0.3 is 0 Å². The van der Waals surface area contributed by atoms with Crippen molar-refractivity contribution >= 4 is 5.84 Å².